The Hall–Kier alpha value is -1.07. The van der Waals surface area contributed by atoms with E-state index in [-0.39, 0.29) is 25.3 Å². The molecule has 0 aromatic rings. The van der Waals surface area contributed by atoms with Gasteiger partial charge in [0.2, 0.25) is 0 Å². The molecule has 1 aliphatic rings. The molecule has 1 fully saturated rings. The van der Waals surface area contributed by atoms with Gasteiger partial charge in [-0.2, -0.15) is 0 Å². The molecule has 0 aliphatic heterocycles. The van der Waals surface area contributed by atoms with Crippen LogP contribution >= 0.6 is 0 Å². The van der Waals surface area contributed by atoms with E-state index in [9.17, 15) is 4.79 Å². The number of aliphatic hydroxyl groups is 1. The van der Waals surface area contributed by atoms with Crippen molar-refractivity contribution in [3.63, 3.8) is 0 Å². The van der Waals surface area contributed by atoms with Gasteiger partial charge in [-0.15, -0.1) is 6.58 Å². The highest BCUT2D eigenvalue weighted by Crippen LogP contribution is 2.19. The summed E-state index contributed by atoms with van der Waals surface area (Å²) in [5.41, 5.74) is 2.42. The van der Waals surface area contributed by atoms with Crippen LogP contribution in [0.25, 0.3) is 0 Å². The van der Waals surface area contributed by atoms with Gasteiger partial charge in [-0.1, -0.05) is 18.9 Å². The van der Waals surface area contributed by atoms with Crippen LogP contribution < -0.4 is 5.48 Å². The molecule has 0 aromatic heterocycles. The predicted molar refractivity (Wildman–Crippen MR) is 60.7 cm³/mol. The zero-order valence-corrected chi connectivity index (χ0v) is 9.52. The fourth-order valence-corrected chi connectivity index (χ4v) is 1.76. The predicted octanol–water partition coefficient (Wildman–Crippen LogP) is 1.05. The maximum Gasteiger partial charge on any atom is 0.341 e. The monoisotopic (exact) mass is 228 g/mol. The van der Waals surface area contributed by atoms with Gasteiger partial charge in [0.05, 0.1) is 12.7 Å². The Morgan fingerprint density at radius 1 is 1.56 bits per heavy atom. The van der Waals surface area contributed by atoms with E-state index < -0.39 is 0 Å². The van der Waals surface area contributed by atoms with Crippen LogP contribution in [0, 0.1) is 0 Å². The minimum Gasteiger partial charge on any atom is -0.395 e. The highest BCUT2D eigenvalue weighted by molar-refractivity contribution is 5.73. The SMILES string of the molecule is C=CCN(CCO)C(=O)NOC1CCCC1. The minimum absolute atomic E-state index is 0.0648. The van der Waals surface area contributed by atoms with Gasteiger partial charge in [-0.3, -0.25) is 4.84 Å². The third kappa shape index (κ3) is 4.20. The molecule has 92 valence electrons. The van der Waals surface area contributed by atoms with Crippen molar-refractivity contribution in [1.82, 2.24) is 10.4 Å². The van der Waals surface area contributed by atoms with Crippen molar-refractivity contribution in [2.75, 3.05) is 19.7 Å². The summed E-state index contributed by atoms with van der Waals surface area (Å²) in [5.74, 6) is 0. The molecule has 2 amide bonds. The van der Waals surface area contributed by atoms with E-state index in [0.717, 1.165) is 25.7 Å². The summed E-state index contributed by atoms with van der Waals surface area (Å²) in [6, 6.07) is -0.319. The van der Waals surface area contributed by atoms with Crippen LogP contribution in [0.15, 0.2) is 12.7 Å². The maximum absolute atomic E-state index is 11.6. The standard InChI is InChI=1S/C11H20N2O3/c1-2-7-13(8-9-14)11(15)12-16-10-5-3-4-6-10/h2,10,14H,1,3-9H2,(H,12,15). The summed E-state index contributed by atoms with van der Waals surface area (Å²) in [6.45, 7) is 4.18. The quantitative estimate of drug-likeness (QED) is 0.527. The first kappa shape index (κ1) is 13.0. The Morgan fingerprint density at radius 3 is 2.81 bits per heavy atom. The summed E-state index contributed by atoms with van der Waals surface area (Å²) in [6.07, 6.45) is 6.08. The Balaban J connectivity index is 2.26. The third-order valence-corrected chi connectivity index (χ3v) is 2.62. The number of hydrogen-bond donors (Lipinski definition) is 2. The maximum atomic E-state index is 11.6. The summed E-state index contributed by atoms with van der Waals surface area (Å²) >= 11 is 0. The molecule has 0 atom stereocenters. The molecule has 0 unspecified atom stereocenters. The summed E-state index contributed by atoms with van der Waals surface area (Å²) in [7, 11) is 0. The van der Waals surface area contributed by atoms with Crippen LogP contribution in [-0.4, -0.2) is 41.8 Å². The van der Waals surface area contributed by atoms with E-state index in [4.69, 9.17) is 9.94 Å². The van der Waals surface area contributed by atoms with Gasteiger partial charge in [0.1, 0.15) is 0 Å². The van der Waals surface area contributed by atoms with Gasteiger partial charge in [-0.25, -0.2) is 10.3 Å². The molecule has 1 saturated carbocycles. The number of urea groups is 1. The van der Waals surface area contributed by atoms with Gasteiger partial charge in [-0.05, 0) is 12.8 Å². The number of carbonyl (C=O) groups is 1. The van der Waals surface area contributed by atoms with E-state index in [0.29, 0.717) is 6.54 Å². The highest BCUT2D eigenvalue weighted by Gasteiger charge is 2.18. The number of hydroxylamine groups is 1. The molecular weight excluding hydrogens is 208 g/mol. The van der Waals surface area contributed by atoms with E-state index in [1.54, 1.807) is 6.08 Å². The van der Waals surface area contributed by atoms with Crippen LogP contribution in [0.5, 0.6) is 0 Å². The van der Waals surface area contributed by atoms with Gasteiger partial charge in [0.15, 0.2) is 0 Å². The van der Waals surface area contributed by atoms with E-state index in [1.165, 1.54) is 4.90 Å². The van der Waals surface area contributed by atoms with Gasteiger partial charge in [0.25, 0.3) is 0 Å². The molecule has 5 nitrogen and oxygen atoms in total. The molecule has 1 aliphatic carbocycles. The molecule has 0 spiro atoms. The number of nitrogens with one attached hydrogen (secondary N) is 1. The molecule has 5 heteroatoms. The van der Waals surface area contributed by atoms with Crippen LogP contribution in [0.1, 0.15) is 25.7 Å². The van der Waals surface area contributed by atoms with E-state index >= 15 is 0 Å². The number of amides is 2. The van der Waals surface area contributed by atoms with Gasteiger partial charge < -0.3 is 10.0 Å². The molecule has 0 aromatic carbocycles. The van der Waals surface area contributed by atoms with E-state index in [1.807, 2.05) is 0 Å². The number of rotatable bonds is 6. The van der Waals surface area contributed by atoms with Crippen LogP contribution in [0.4, 0.5) is 4.79 Å². The topological polar surface area (TPSA) is 61.8 Å². The number of carbonyl (C=O) groups excluding carboxylic acids is 1. The second kappa shape index (κ2) is 7.24. The van der Waals surface area contributed by atoms with Crippen LogP contribution in [0.3, 0.4) is 0 Å². The lowest BCUT2D eigenvalue weighted by Crippen LogP contribution is -2.42. The van der Waals surface area contributed by atoms with Gasteiger partial charge >= 0.3 is 6.03 Å². The Morgan fingerprint density at radius 2 is 2.25 bits per heavy atom. The number of aliphatic hydroxyl groups excluding tert-OH is 1. The zero-order valence-electron chi connectivity index (χ0n) is 9.52. The summed E-state index contributed by atoms with van der Waals surface area (Å²) < 4.78 is 0. The Labute approximate surface area is 96.0 Å². The number of nitrogens with zero attached hydrogens (tertiary/aromatic N) is 1. The second-order valence-electron chi connectivity index (χ2n) is 3.89. The summed E-state index contributed by atoms with van der Waals surface area (Å²) in [5, 5.41) is 8.80. The highest BCUT2D eigenvalue weighted by atomic mass is 16.7. The Bertz CT molecular complexity index is 227. The second-order valence-corrected chi connectivity index (χ2v) is 3.89. The van der Waals surface area contributed by atoms with Crippen LogP contribution in [-0.2, 0) is 4.84 Å². The lowest BCUT2D eigenvalue weighted by molar-refractivity contribution is -0.00812. The molecule has 0 radical (unpaired) electrons. The average molecular weight is 228 g/mol. The molecular formula is C11H20N2O3. The minimum atomic E-state index is -0.319. The van der Waals surface area contributed by atoms with Crippen molar-refractivity contribution in [3.05, 3.63) is 12.7 Å². The lowest BCUT2D eigenvalue weighted by atomic mass is 10.3. The lowest BCUT2D eigenvalue weighted by Gasteiger charge is -2.21. The Kier molecular flexibility index (Phi) is 5.88. The number of hydrogen-bond acceptors (Lipinski definition) is 3. The zero-order chi connectivity index (χ0) is 11.8. The smallest absolute Gasteiger partial charge is 0.341 e. The van der Waals surface area contributed by atoms with Crippen molar-refractivity contribution in [3.8, 4) is 0 Å². The van der Waals surface area contributed by atoms with Crippen molar-refractivity contribution >= 4 is 6.03 Å². The first-order chi connectivity index (χ1) is 7.77. The average Bonchev–Trinajstić information content (AvgIpc) is 2.78. The summed E-state index contributed by atoms with van der Waals surface area (Å²) in [4.78, 5) is 18.3. The van der Waals surface area contributed by atoms with Crippen molar-refractivity contribution < 1.29 is 14.7 Å². The molecule has 1 rings (SSSR count). The molecule has 0 saturated heterocycles. The fourth-order valence-electron chi connectivity index (χ4n) is 1.76. The van der Waals surface area contributed by atoms with E-state index in [2.05, 4.69) is 12.1 Å². The first-order valence-corrected chi connectivity index (χ1v) is 5.70. The largest absolute Gasteiger partial charge is 0.395 e. The van der Waals surface area contributed by atoms with Crippen molar-refractivity contribution in [2.45, 2.75) is 31.8 Å². The normalized spacial score (nSPS) is 16.1. The molecule has 0 bridgehead atoms. The van der Waals surface area contributed by atoms with Crippen LogP contribution in [0.2, 0.25) is 0 Å². The van der Waals surface area contributed by atoms with Crippen molar-refractivity contribution in [1.29, 1.82) is 0 Å². The molecule has 0 heterocycles. The third-order valence-electron chi connectivity index (χ3n) is 2.62. The molecule has 16 heavy (non-hydrogen) atoms. The van der Waals surface area contributed by atoms with Crippen molar-refractivity contribution in [2.24, 2.45) is 0 Å². The van der Waals surface area contributed by atoms with Gasteiger partial charge in [0, 0.05) is 13.1 Å². The molecule has 2 N–H and O–H groups in total. The first-order valence-electron chi connectivity index (χ1n) is 5.70. The fraction of sp³-hybridized carbons (Fsp3) is 0.727.